The van der Waals surface area contributed by atoms with Gasteiger partial charge in [-0.15, -0.1) is 0 Å². The molecule has 1 unspecified atom stereocenters. The fraction of sp³-hybridized carbons (Fsp3) is 0.211. The van der Waals surface area contributed by atoms with Gasteiger partial charge in [0.2, 0.25) is 5.91 Å². The SMILES string of the molecule is COc1ccc(C(C)NC(=O)CN2C(=O)c3ccccc3C2=O)cc1F. The van der Waals surface area contributed by atoms with E-state index in [0.29, 0.717) is 5.56 Å². The number of benzene rings is 2. The van der Waals surface area contributed by atoms with Crippen LogP contribution in [-0.4, -0.2) is 36.3 Å². The molecule has 26 heavy (non-hydrogen) atoms. The fourth-order valence-corrected chi connectivity index (χ4v) is 2.85. The van der Waals surface area contributed by atoms with Gasteiger partial charge in [0.1, 0.15) is 6.54 Å². The Labute approximate surface area is 149 Å². The predicted molar refractivity (Wildman–Crippen MR) is 91.3 cm³/mol. The summed E-state index contributed by atoms with van der Waals surface area (Å²) in [6.45, 7) is 1.29. The molecule has 1 aliphatic heterocycles. The molecule has 134 valence electrons. The number of nitrogens with one attached hydrogen (secondary N) is 1. The molecular weight excluding hydrogens is 339 g/mol. The first-order valence-corrected chi connectivity index (χ1v) is 8.00. The van der Waals surface area contributed by atoms with Gasteiger partial charge in [0.25, 0.3) is 11.8 Å². The lowest BCUT2D eigenvalue weighted by Gasteiger charge is -2.18. The number of ether oxygens (including phenoxy) is 1. The molecule has 7 heteroatoms. The first-order chi connectivity index (χ1) is 12.4. The summed E-state index contributed by atoms with van der Waals surface area (Å²) >= 11 is 0. The van der Waals surface area contributed by atoms with Crippen molar-refractivity contribution in [3.05, 3.63) is 65.0 Å². The molecule has 0 saturated carbocycles. The Morgan fingerprint density at radius 1 is 1.15 bits per heavy atom. The molecule has 1 heterocycles. The van der Waals surface area contributed by atoms with Gasteiger partial charge >= 0.3 is 0 Å². The number of fused-ring (bicyclic) bond motifs is 1. The van der Waals surface area contributed by atoms with E-state index in [1.54, 1.807) is 37.3 Å². The maximum Gasteiger partial charge on any atom is 0.262 e. The minimum absolute atomic E-state index is 0.110. The van der Waals surface area contributed by atoms with E-state index in [1.165, 1.54) is 19.2 Å². The van der Waals surface area contributed by atoms with Crippen LogP contribution in [0.4, 0.5) is 4.39 Å². The molecule has 1 N–H and O–H groups in total. The fourth-order valence-electron chi connectivity index (χ4n) is 2.85. The van der Waals surface area contributed by atoms with Crippen LogP contribution in [-0.2, 0) is 4.79 Å². The topological polar surface area (TPSA) is 75.7 Å². The zero-order valence-electron chi connectivity index (χ0n) is 14.3. The highest BCUT2D eigenvalue weighted by Crippen LogP contribution is 2.23. The number of rotatable bonds is 5. The lowest BCUT2D eigenvalue weighted by atomic mass is 10.1. The van der Waals surface area contributed by atoms with Crippen LogP contribution in [0.5, 0.6) is 5.75 Å². The zero-order chi connectivity index (χ0) is 18.8. The van der Waals surface area contributed by atoms with Crippen molar-refractivity contribution < 1.29 is 23.5 Å². The van der Waals surface area contributed by atoms with E-state index in [4.69, 9.17) is 4.74 Å². The summed E-state index contributed by atoms with van der Waals surface area (Å²) in [6.07, 6.45) is 0. The third-order valence-electron chi connectivity index (χ3n) is 4.23. The van der Waals surface area contributed by atoms with Crippen molar-refractivity contribution in [3.63, 3.8) is 0 Å². The van der Waals surface area contributed by atoms with Crippen LogP contribution >= 0.6 is 0 Å². The van der Waals surface area contributed by atoms with Gasteiger partial charge in [-0.2, -0.15) is 0 Å². The quantitative estimate of drug-likeness (QED) is 0.834. The summed E-state index contributed by atoms with van der Waals surface area (Å²) in [6, 6.07) is 10.3. The first kappa shape index (κ1) is 17.6. The molecule has 0 fully saturated rings. The molecule has 2 aromatic carbocycles. The van der Waals surface area contributed by atoms with E-state index < -0.39 is 36.1 Å². The molecule has 6 nitrogen and oxygen atoms in total. The third-order valence-corrected chi connectivity index (χ3v) is 4.23. The minimum Gasteiger partial charge on any atom is -0.494 e. The number of methoxy groups -OCH3 is 1. The molecule has 3 rings (SSSR count). The molecule has 3 amide bonds. The van der Waals surface area contributed by atoms with Crippen LogP contribution in [0, 0.1) is 5.82 Å². The number of hydrogen-bond acceptors (Lipinski definition) is 4. The largest absolute Gasteiger partial charge is 0.494 e. The molecule has 1 atom stereocenters. The molecule has 2 aromatic rings. The van der Waals surface area contributed by atoms with Crippen LogP contribution < -0.4 is 10.1 Å². The van der Waals surface area contributed by atoms with E-state index in [-0.39, 0.29) is 16.9 Å². The van der Waals surface area contributed by atoms with Crippen LogP contribution in [0.1, 0.15) is 39.2 Å². The van der Waals surface area contributed by atoms with E-state index in [9.17, 15) is 18.8 Å². The maximum absolute atomic E-state index is 13.8. The molecule has 1 aliphatic rings. The third kappa shape index (κ3) is 3.15. The Hall–Kier alpha value is -3.22. The summed E-state index contributed by atoms with van der Waals surface area (Å²) in [4.78, 5) is 37.7. The van der Waals surface area contributed by atoms with Crippen molar-refractivity contribution in [1.82, 2.24) is 10.2 Å². The number of nitrogens with zero attached hydrogens (tertiary/aromatic N) is 1. The Morgan fingerprint density at radius 2 is 1.77 bits per heavy atom. The van der Waals surface area contributed by atoms with Gasteiger partial charge in [-0.1, -0.05) is 18.2 Å². The number of halogens is 1. The van der Waals surface area contributed by atoms with E-state index in [2.05, 4.69) is 5.32 Å². The molecular formula is C19H17FN2O4. The second kappa shape index (κ2) is 6.95. The zero-order valence-corrected chi connectivity index (χ0v) is 14.3. The Kier molecular flexibility index (Phi) is 4.71. The van der Waals surface area contributed by atoms with Crippen molar-refractivity contribution in [2.75, 3.05) is 13.7 Å². The van der Waals surface area contributed by atoms with Crippen molar-refractivity contribution >= 4 is 17.7 Å². The summed E-state index contributed by atoms with van der Waals surface area (Å²) in [7, 11) is 1.37. The summed E-state index contributed by atoms with van der Waals surface area (Å²) in [5.74, 6) is -1.93. The molecule has 0 aliphatic carbocycles. The molecule has 0 saturated heterocycles. The van der Waals surface area contributed by atoms with Gasteiger partial charge in [-0.05, 0) is 36.8 Å². The van der Waals surface area contributed by atoms with Crippen molar-refractivity contribution in [1.29, 1.82) is 0 Å². The number of amides is 3. The van der Waals surface area contributed by atoms with E-state index in [0.717, 1.165) is 4.90 Å². The number of imide groups is 1. The maximum atomic E-state index is 13.8. The van der Waals surface area contributed by atoms with E-state index >= 15 is 0 Å². The van der Waals surface area contributed by atoms with Gasteiger partial charge in [0.05, 0.1) is 24.3 Å². The standard InChI is InChI=1S/C19H17FN2O4/c1-11(12-7-8-16(26-2)15(20)9-12)21-17(23)10-22-18(24)13-5-3-4-6-14(13)19(22)25/h3-9,11H,10H2,1-2H3,(H,21,23). The van der Waals surface area contributed by atoms with Gasteiger partial charge < -0.3 is 10.1 Å². The summed E-state index contributed by atoms with van der Waals surface area (Å²) in [5.41, 5.74) is 1.12. The highest BCUT2D eigenvalue weighted by Gasteiger charge is 2.36. The number of hydrogen-bond donors (Lipinski definition) is 1. The lowest BCUT2D eigenvalue weighted by Crippen LogP contribution is -2.41. The average molecular weight is 356 g/mol. The minimum atomic E-state index is -0.536. The van der Waals surface area contributed by atoms with Gasteiger partial charge in [-0.3, -0.25) is 19.3 Å². The van der Waals surface area contributed by atoms with Gasteiger partial charge in [-0.25, -0.2) is 4.39 Å². The highest BCUT2D eigenvalue weighted by molar-refractivity contribution is 6.22. The van der Waals surface area contributed by atoms with E-state index in [1.807, 2.05) is 0 Å². The Balaban J connectivity index is 1.67. The average Bonchev–Trinajstić information content (AvgIpc) is 2.87. The monoisotopic (exact) mass is 356 g/mol. The van der Waals surface area contributed by atoms with Crippen molar-refractivity contribution in [3.8, 4) is 5.75 Å². The Morgan fingerprint density at radius 3 is 2.31 bits per heavy atom. The number of carbonyl (C=O) groups excluding carboxylic acids is 3. The van der Waals surface area contributed by atoms with Crippen molar-refractivity contribution in [2.24, 2.45) is 0 Å². The molecule has 0 bridgehead atoms. The second-order valence-electron chi connectivity index (χ2n) is 5.93. The van der Waals surface area contributed by atoms with Crippen LogP contribution in [0.2, 0.25) is 0 Å². The number of carbonyl (C=O) groups is 3. The molecule has 0 spiro atoms. The van der Waals surface area contributed by atoms with Gasteiger partial charge in [0, 0.05) is 0 Å². The Bertz CT molecular complexity index is 862. The summed E-state index contributed by atoms with van der Waals surface area (Å²) < 4.78 is 18.7. The second-order valence-corrected chi connectivity index (χ2v) is 5.93. The van der Waals surface area contributed by atoms with Crippen molar-refractivity contribution in [2.45, 2.75) is 13.0 Å². The normalized spacial score (nSPS) is 14.2. The van der Waals surface area contributed by atoms with Crippen LogP contribution in [0.15, 0.2) is 42.5 Å². The molecule has 0 aromatic heterocycles. The predicted octanol–water partition coefficient (Wildman–Crippen LogP) is 2.31. The van der Waals surface area contributed by atoms with Crippen LogP contribution in [0.3, 0.4) is 0 Å². The van der Waals surface area contributed by atoms with Crippen LogP contribution in [0.25, 0.3) is 0 Å². The summed E-state index contributed by atoms with van der Waals surface area (Å²) in [5, 5.41) is 2.66. The highest BCUT2D eigenvalue weighted by atomic mass is 19.1. The lowest BCUT2D eigenvalue weighted by molar-refractivity contribution is -0.122. The first-order valence-electron chi connectivity index (χ1n) is 8.00. The molecule has 0 radical (unpaired) electrons. The van der Waals surface area contributed by atoms with Gasteiger partial charge in [0.15, 0.2) is 11.6 Å². The smallest absolute Gasteiger partial charge is 0.262 e.